The van der Waals surface area contributed by atoms with Crippen molar-refractivity contribution in [2.24, 2.45) is 5.92 Å². The zero-order valence-electron chi connectivity index (χ0n) is 16.7. The molecule has 1 aliphatic heterocycles. The molecule has 9 heteroatoms. The van der Waals surface area contributed by atoms with Crippen LogP contribution in [0.2, 0.25) is 0 Å². The molecule has 0 bridgehead atoms. The third kappa shape index (κ3) is 4.68. The van der Waals surface area contributed by atoms with Crippen LogP contribution in [-0.2, 0) is 16.0 Å². The van der Waals surface area contributed by atoms with Crippen molar-refractivity contribution in [3.63, 3.8) is 0 Å². The zero-order chi connectivity index (χ0) is 20.9. The van der Waals surface area contributed by atoms with E-state index in [9.17, 15) is 9.59 Å². The Bertz CT molecular complexity index is 1020. The first-order chi connectivity index (χ1) is 14.6. The van der Waals surface area contributed by atoms with E-state index in [-0.39, 0.29) is 17.7 Å². The lowest BCUT2D eigenvalue weighted by atomic mass is 9.96. The molecule has 3 heterocycles. The van der Waals surface area contributed by atoms with Gasteiger partial charge in [0.05, 0.1) is 18.0 Å². The molecule has 0 aliphatic carbocycles. The number of tetrazole rings is 1. The summed E-state index contributed by atoms with van der Waals surface area (Å²) in [5.41, 5.74) is 2.59. The maximum Gasteiger partial charge on any atom is 0.230 e. The Hall–Kier alpha value is -3.62. The van der Waals surface area contributed by atoms with Crippen molar-refractivity contribution < 1.29 is 9.59 Å². The highest BCUT2D eigenvalue weighted by Crippen LogP contribution is 2.20. The van der Waals surface area contributed by atoms with Crippen molar-refractivity contribution in [1.82, 2.24) is 30.1 Å². The lowest BCUT2D eigenvalue weighted by molar-refractivity contribution is -0.133. The van der Waals surface area contributed by atoms with E-state index in [0.29, 0.717) is 25.3 Å². The molecule has 2 aromatic heterocycles. The molecule has 1 aliphatic rings. The minimum Gasteiger partial charge on any atom is -0.342 e. The van der Waals surface area contributed by atoms with Crippen LogP contribution in [0.3, 0.4) is 0 Å². The summed E-state index contributed by atoms with van der Waals surface area (Å²) in [6, 6.07) is 13.1. The summed E-state index contributed by atoms with van der Waals surface area (Å²) < 4.78 is 1.56. The van der Waals surface area contributed by atoms with E-state index in [1.165, 1.54) is 6.33 Å². The molecular formula is C21H23N7O2. The molecule has 1 atom stereocenters. The maximum atomic E-state index is 12.8. The lowest BCUT2D eigenvalue weighted by Gasteiger charge is -2.32. The van der Waals surface area contributed by atoms with Crippen molar-refractivity contribution in [3.8, 4) is 5.69 Å². The molecule has 30 heavy (non-hydrogen) atoms. The predicted molar refractivity (Wildman–Crippen MR) is 110 cm³/mol. The number of pyridine rings is 1. The Labute approximate surface area is 174 Å². The summed E-state index contributed by atoms with van der Waals surface area (Å²) in [6.07, 6.45) is 3.39. The Morgan fingerprint density at radius 2 is 2.00 bits per heavy atom. The van der Waals surface area contributed by atoms with Gasteiger partial charge >= 0.3 is 0 Å². The fraction of sp³-hybridized carbons (Fsp3) is 0.333. The molecule has 0 spiro atoms. The summed E-state index contributed by atoms with van der Waals surface area (Å²) >= 11 is 0. The molecule has 1 fully saturated rings. The van der Waals surface area contributed by atoms with Crippen LogP contribution in [0.25, 0.3) is 5.69 Å². The standard InChI is InChI=1S/C21H23N7O2/c1-15-4-2-6-19(23-15)24-21(30)17-5-3-11-27(13-17)20(29)12-16-7-9-18(10-8-16)28-14-22-25-26-28/h2,4,6-10,14,17H,3,5,11-13H2,1H3,(H,23,24,30). The van der Waals surface area contributed by atoms with Gasteiger partial charge in [-0.25, -0.2) is 9.67 Å². The van der Waals surface area contributed by atoms with Gasteiger partial charge in [-0.3, -0.25) is 9.59 Å². The van der Waals surface area contributed by atoms with Gasteiger partial charge < -0.3 is 10.2 Å². The Morgan fingerprint density at radius 3 is 2.73 bits per heavy atom. The van der Waals surface area contributed by atoms with E-state index in [0.717, 1.165) is 29.8 Å². The van der Waals surface area contributed by atoms with Gasteiger partial charge in [0.25, 0.3) is 0 Å². The summed E-state index contributed by atoms with van der Waals surface area (Å²) in [6.45, 7) is 2.99. The topological polar surface area (TPSA) is 106 Å². The number of amides is 2. The first kappa shape index (κ1) is 19.7. The number of nitrogens with zero attached hydrogens (tertiary/aromatic N) is 6. The molecule has 1 saturated heterocycles. The van der Waals surface area contributed by atoms with Gasteiger partial charge in [-0.2, -0.15) is 0 Å². The molecular weight excluding hydrogens is 382 g/mol. The molecule has 4 rings (SSSR count). The van der Waals surface area contributed by atoms with Crippen molar-refractivity contribution in [2.45, 2.75) is 26.2 Å². The van der Waals surface area contributed by atoms with Gasteiger partial charge in [0.2, 0.25) is 11.8 Å². The number of likely N-dealkylation sites (tertiary alicyclic amines) is 1. The van der Waals surface area contributed by atoms with Gasteiger partial charge in [0.15, 0.2) is 0 Å². The first-order valence-corrected chi connectivity index (χ1v) is 9.93. The van der Waals surface area contributed by atoms with E-state index in [1.807, 2.05) is 43.3 Å². The number of rotatable bonds is 5. The van der Waals surface area contributed by atoms with Crippen molar-refractivity contribution in [2.75, 3.05) is 18.4 Å². The fourth-order valence-corrected chi connectivity index (χ4v) is 3.59. The third-order valence-corrected chi connectivity index (χ3v) is 5.19. The largest absolute Gasteiger partial charge is 0.342 e. The van der Waals surface area contributed by atoms with E-state index >= 15 is 0 Å². The quantitative estimate of drug-likeness (QED) is 0.694. The van der Waals surface area contributed by atoms with Gasteiger partial charge in [-0.1, -0.05) is 18.2 Å². The molecule has 1 aromatic carbocycles. The summed E-state index contributed by atoms with van der Waals surface area (Å²) in [7, 11) is 0. The first-order valence-electron chi connectivity index (χ1n) is 9.93. The number of carbonyl (C=O) groups is 2. The molecule has 154 valence electrons. The summed E-state index contributed by atoms with van der Waals surface area (Å²) in [5.74, 6) is 0.256. The summed E-state index contributed by atoms with van der Waals surface area (Å²) in [5, 5.41) is 14.0. The second-order valence-electron chi connectivity index (χ2n) is 7.43. The highest BCUT2D eigenvalue weighted by molar-refractivity contribution is 5.92. The third-order valence-electron chi connectivity index (χ3n) is 5.19. The van der Waals surface area contributed by atoms with Gasteiger partial charge in [-0.05, 0) is 60.0 Å². The van der Waals surface area contributed by atoms with E-state index < -0.39 is 0 Å². The van der Waals surface area contributed by atoms with E-state index in [1.54, 1.807) is 15.6 Å². The van der Waals surface area contributed by atoms with Crippen molar-refractivity contribution in [1.29, 1.82) is 0 Å². The van der Waals surface area contributed by atoms with Crippen LogP contribution in [0.4, 0.5) is 5.82 Å². The van der Waals surface area contributed by atoms with Gasteiger partial charge in [0, 0.05) is 18.8 Å². The molecule has 3 aromatic rings. The average Bonchev–Trinajstić information content (AvgIpc) is 3.29. The number of anilines is 1. The van der Waals surface area contributed by atoms with E-state index in [2.05, 4.69) is 25.8 Å². The van der Waals surface area contributed by atoms with E-state index in [4.69, 9.17) is 0 Å². The lowest BCUT2D eigenvalue weighted by Crippen LogP contribution is -2.44. The molecule has 2 amide bonds. The second-order valence-corrected chi connectivity index (χ2v) is 7.43. The average molecular weight is 405 g/mol. The Morgan fingerprint density at radius 1 is 1.17 bits per heavy atom. The maximum absolute atomic E-state index is 12.8. The Balaban J connectivity index is 1.34. The SMILES string of the molecule is Cc1cccc(NC(=O)C2CCCN(C(=O)Cc3ccc(-n4cnnn4)cc3)C2)n1. The molecule has 1 unspecified atom stereocenters. The van der Waals surface area contributed by atoms with Crippen LogP contribution >= 0.6 is 0 Å². The molecule has 9 nitrogen and oxygen atoms in total. The second kappa shape index (κ2) is 8.81. The molecule has 1 N–H and O–H groups in total. The van der Waals surface area contributed by atoms with Crippen LogP contribution in [0.5, 0.6) is 0 Å². The number of benzene rings is 1. The fourth-order valence-electron chi connectivity index (χ4n) is 3.59. The number of carbonyl (C=O) groups excluding carboxylic acids is 2. The van der Waals surface area contributed by atoms with Crippen LogP contribution in [-0.4, -0.2) is 55.0 Å². The van der Waals surface area contributed by atoms with Gasteiger partial charge in [-0.15, -0.1) is 5.10 Å². The highest BCUT2D eigenvalue weighted by Gasteiger charge is 2.28. The number of piperidine rings is 1. The van der Waals surface area contributed by atoms with Gasteiger partial charge in [0.1, 0.15) is 12.1 Å². The summed E-state index contributed by atoms with van der Waals surface area (Å²) in [4.78, 5) is 31.5. The number of aryl methyl sites for hydroxylation is 1. The molecule has 0 saturated carbocycles. The number of hydrogen-bond acceptors (Lipinski definition) is 6. The van der Waals surface area contributed by atoms with Crippen molar-refractivity contribution in [3.05, 3.63) is 60.0 Å². The number of hydrogen-bond donors (Lipinski definition) is 1. The molecule has 0 radical (unpaired) electrons. The number of nitrogens with one attached hydrogen (secondary N) is 1. The predicted octanol–water partition coefficient (Wildman–Crippen LogP) is 1.79. The van der Waals surface area contributed by atoms with Crippen LogP contribution < -0.4 is 5.32 Å². The normalized spacial score (nSPS) is 16.3. The highest BCUT2D eigenvalue weighted by atomic mass is 16.2. The minimum absolute atomic E-state index is 0.0244. The monoisotopic (exact) mass is 405 g/mol. The zero-order valence-corrected chi connectivity index (χ0v) is 16.7. The van der Waals surface area contributed by atoms with Crippen LogP contribution in [0.1, 0.15) is 24.1 Å². The van der Waals surface area contributed by atoms with Crippen molar-refractivity contribution >= 4 is 17.6 Å². The minimum atomic E-state index is -0.229. The van der Waals surface area contributed by atoms with Crippen LogP contribution in [0, 0.1) is 12.8 Å². The number of aromatic nitrogens is 5. The Kier molecular flexibility index (Phi) is 5.78. The smallest absolute Gasteiger partial charge is 0.230 e. The van der Waals surface area contributed by atoms with Crippen LogP contribution in [0.15, 0.2) is 48.8 Å².